The van der Waals surface area contributed by atoms with Crippen LogP contribution in [0.2, 0.25) is 0 Å². The van der Waals surface area contributed by atoms with Gasteiger partial charge < -0.3 is 14.2 Å². The first-order valence-corrected chi connectivity index (χ1v) is 28.1. The standard InChI is InChI=1S/C57H110O6/c1-51(2)43-37-31-25-19-13-9-7-8-10-15-22-28-34-40-46-55(58)61-49-54(50-62-56(59)47-41-35-29-23-18-17-21-27-33-39-45-53(5)6)63-57(60)48-42-36-30-24-16-12-11-14-20-26-32-38-44-52(3)4/h51-54H,7-50H2,1-6H3/t54-/m0/s1. The van der Waals surface area contributed by atoms with Crippen molar-refractivity contribution >= 4 is 17.9 Å². The van der Waals surface area contributed by atoms with Gasteiger partial charge in [0.25, 0.3) is 0 Å². The van der Waals surface area contributed by atoms with Crippen LogP contribution in [0.5, 0.6) is 0 Å². The minimum Gasteiger partial charge on any atom is -0.462 e. The zero-order valence-corrected chi connectivity index (χ0v) is 43.4. The Kier molecular flexibility index (Phi) is 47.1. The van der Waals surface area contributed by atoms with Gasteiger partial charge in [-0.25, -0.2) is 0 Å². The summed E-state index contributed by atoms with van der Waals surface area (Å²) in [5.41, 5.74) is 0. The summed E-state index contributed by atoms with van der Waals surface area (Å²) in [6.45, 7) is 13.7. The maximum absolute atomic E-state index is 12.8. The van der Waals surface area contributed by atoms with Crippen LogP contribution in [-0.4, -0.2) is 37.2 Å². The fourth-order valence-corrected chi connectivity index (χ4v) is 8.65. The number of unbranched alkanes of at least 4 members (excludes halogenated alkanes) is 33. The summed E-state index contributed by atoms with van der Waals surface area (Å²) in [7, 11) is 0. The molecule has 0 aromatic rings. The maximum Gasteiger partial charge on any atom is 0.306 e. The number of rotatable bonds is 50. The van der Waals surface area contributed by atoms with E-state index in [2.05, 4.69) is 41.5 Å². The SMILES string of the molecule is CC(C)CCCCCCCCCCCCCCCCC(=O)OC[C@@H](COC(=O)CCCCCCCCCCCCC(C)C)OC(=O)CCCCCCCCCCCCCCC(C)C. The van der Waals surface area contributed by atoms with E-state index in [1.165, 1.54) is 193 Å². The molecule has 0 spiro atoms. The number of hydrogen-bond acceptors (Lipinski definition) is 6. The van der Waals surface area contributed by atoms with Gasteiger partial charge in [-0.3, -0.25) is 14.4 Å². The summed E-state index contributed by atoms with van der Waals surface area (Å²) in [6.07, 6.45) is 49.5. The largest absolute Gasteiger partial charge is 0.462 e. The molecule has 0 rings (SSSR count). The van der Waals surface area contributed by atoms with Gasteiger partial charge in [-0.1, -0.05) is 273 Å². The molecular weight excluding hydrogens is 781 g/mol. The van der Waals surface area contributed by atoms with Crippen molar-refractivity contribution in [1.82, 2.24) is 0 Å². The van der Waals surface area contributed by atoms with Gasteiger partial charge in [0.2, 0.25) is 0 Å². The summed E-state index contributed by atoms with van der Waals surface area (Å²) in [5.74, 6) is 1.65. The molecule has 0 aliphatic carbocycles. The molecule has 0 saturated heterocycles. The minimum absolute atomic E-state index is 0.0638. The molecule has 0 radical (unpaired) electrons. The topological polar surface area (TPSA) is 78.9 Å². The Bertz CT molecular complexity index is 976. The predicted molar refractivity (Wildman–Crippen MR) is 270 cm³/mol. The van der Waals surface area contributed by atoms with E-state index in [1.54, 1.807) is 0 Å². The van der Waals surface area contributed by atoms with Crippen molar-refractivity contribution in [3.8, 4) is 0 Å². The molecule has 0 saturated carbocycles. The molecule has 374 valence electrons. The number of carbonyl (C=O) groups excluding carboxylic acids is 3. The van der Waals surface area contributed by atoms with Gasteiger partial charge in [0, 0.05) is 19.3 Å². The van der Waals surface area contributed by atoms with E-state index in [4.69, 9.17) is 14.2 Å². The monoisotopic (exact) mass is 891 g/mol. The van der Waals surface area contributed by atoms with E-state index >= 15 is 0 Å². The van der Waals surface area contributed by atoms with Crippen LogP contribution in [0.25, 0.3) is 0 Å². The summed E-state index contributed by atoms with van der Waals surface area (Å²) in [4.78, 5) is 38.1. The van der Waals surface area contributed by atoms with Gasteiger partial charge in [0.05, 0.1) is 0 Å². The molecule has 0 bridgehead atoms. The molecule has 6 nitrogen and oxygen atoms in total. The lowest BCUT2D eigenvalue weighted by Crippen LogP contribution is -2.30. The highest BCUT2D eigenvalue weighted by Gasteiger charge is 2.19. The third-order valence-electron chi connectivity index (χ3n) is 12.9. The molecule has 6 heteroatoms. The molecule has 63 heavy (non-hydrogen) atoms. The van der Waals surface area contributed by atoms with Crippen molar-refractivity contribution in [2.45, 2.75) is 317 Å². The van der Waals surface area contributed by atoms with Crippen LogP contribution in [0.1, 0.15) is 311 Å². The van der Waals surface area contributed by atoms with Crippen molar-refractivity contribution in [3.05, 3.63) is 0 Å². The summed E-state index contributed by atoms with van der Waals surface area (Å²) >= 11 is 0. The molecule has 1 atom stereocenters. The van der Waals surface area contributed by atoms with Gasteiger partial charge in [0.15, 0.2) is 6.10 Å². The summed E-state index contributed by atoms with van der Waals surface area (Å²) in [5, 5.41) is 0. The van der Waals surface area contributed by atoms with Gasteiger partial charge >= 0.3 is 17.9 Å². The maximum atomic E-state index is 12.8. The molecule has 0 N–H and O–H groups in total. The fourth-order valence-electron chi connectivity index (χ4n) is 8.65. The molecule has 0 amide bonds. The van der Waals surface area contributed by atoms with E-state index < -0.39 is 6.10 Å². The van der Waals surface area contributed by atoms with Crippen LogP contribution >= 0.6 is 0 Å². The number of ether oxygens (including phenoxy) is 3. The first-order valence-electron chi connectivity index (χ1n) is 28.1. The van der Waals surface area contributed by atoms with E-state index in [-0.39, 0.29) is 31.1 Å². The molecule has 0 aromatic carbocycles. The second kappa shape index (κ2) is 48.3. The molecule has 0 aliphatic heterocycles. The summed E-state index contributed by atoms with van der Waals surface area (Å²) < 4.78 is 16.9. The van der Waals surface area contributed by atoms with Gasteiger partial charge in [0.1, 0.15) is 13.2 Å². The normalized spacial score (nSPS) is 12.1. The van der Waals surface area contributed by atoms with Crippen LogP contribution in [0.15, 0.2) is 0 Å². The van der Waals surface area contributed by atoms with Crippen LogP contribution in [0, 0.1) is 17.8 Å². The predicted octanol–water partition coefficient (Wildman–Crippen LogP) is 18.3. The first-order chi connectivity index (χ1) is 30.6. The van der Waals surface area contributed by atoms with E-state index in [9.17, 15) is 14.4 Å². The molecule has 0 heterocycles. The average Bonchev–Trinajstić information content (AvgIpc) is 3.24. The lowest BCUT2D eigenvalue weighted by Gasteiger charge is -2.18. The Morgan fingerprint density at radius 2 is 0.460 bits per heavy atom. The van der Waals surface area contributed by atoms with Crippen LogP contribution < -0.4 is 0 Å². The first kappa shape index (κ1) is 61.4. The van der Waals surface area contributed by atoms with E-state index in [1.807, 2.05) is 0 Å². The minimum atomic E-state index is -0.763. The van der Waals surface area contributed by atoms with Crippen molar-refractivity contribution in [2.24, 2.45) is 17.8 Å². The molecule has 0 fully saturated rings. The van der Waals surface area contributed by atoms with Crippen LogP contribution in [-0.2, 0) is 28.6 Å². The number of esters is 3. The van der Waals surface area contributed by atoms with Crippen LogP contribution in [0.3, 0.4) is 0 Å². The second-order valence-electron chi connectivity index (χ2n) is 21.0. The zero-order valence-electron chi connectivity index (χ0n) is 43.4. The third-order valence-corrected chi connectivity index (χ3v) is 12.9. The Balaban J connectivity index is 4.30. The highest BCUT2D eigenvalue weighted by molar-refractivity contribution is 5.71. The smallest absolute Gasteiger partial charge is 0.306 e. The van der Waals surface area contributed by atoms with Gasteiger partial charge in [-0.2, -0.15) is 0 Å². The Hall–Kier alpha value is -1.59. The zero-order chi connectivity index (χ0) is 46.3. The highest BCUT2D eigenvalue weighted by Crippen LogP contribution is 2.18. The Morgan fingerprint density at radius 1 is 0.270 bits per heavy atom. The van der Waals surface area contributed by atoms with Gasteiger partial charge in [-0.05, 0) is 37.0 Å². The quantitative estimate of drug-likeness (QED) is 0.0344. The third kappa shape index (κ3) is 51.3. The summed E-state index contributed by atoms with van der Waals surface area (Å²) in [6, 6.07) is 0. The fraction of sp³-hybridized carbons (Fsp3) is 0.947. The van der Waals surface area contributed by atoms with Crippen molar-refractivity contribution in [2.75, 3.05) is 13.2 Å². The van der Waals surface area contributed by atoms with Crippen molar-refractivity contribution in [1.29, 1.82) is 0 Å². The lowest BCUT2D eigenvalue weighted by atomic mass is 10.0. The average molecular weight is 892 g/mol. The molecule has 0 aromatic heterocycles. The highest BCUT2D eigenvalue weighted by atomic mass is 16.6. The van der Waals surface area contributed by atoms with E-state index in [0.717, 1.165) is 75.5 Å². The van der Waals surface area contributed by atoms with Gasteiger partial charge in [-0.15, -0.1) is 0 Å². The van der Waals surface area contributed by atoms with E-state index in [0.29, 0.717) is 19.3 Å². The number of carbonyl (C=O) groups is 3. The molecule has 0 aliphatic rings. The number of hydrogen-bond donors (Lipinski definition) is 0. The molecule has 0 unspecified atom stereocenters. The Labute approximate surface area is 393 Å². The van der Waals surface area contributed by atoms with Crippen molar-refractivity contribution < 1.29 is 28.6 Å². The lowest BCUT2D eigenvalue weighted by molar-refractivity contribution is -0.167. The second-order valence-corrected chi connectivity index (χ2v) is 21.0. The molecular formula is C57H110O6. The van der Waals surface area contributed by atoms with Crippen LogP contribution in [0.4, 0.5) is 0 Å². The Morgan fingerprint density at radius 3 is 0.683 bits per heavy atom. The van der Waals surface area contributed by atoms with Crippen molar-refractivity contribution in [3.63, 3.8) is 0 Å².